The molecule has 0 bridgehead atoms. The molecule has 0 unspecified atom stereocenters. The molecule has 1 fully saturated rings. The van der Waals surface area contributed by atoms with E-state index in [0.717, 1.165) is 5.56 Å². The van der Waals surface area contributed by atoms with E-state index in [1.165, 1.54) is 6.39 Å². The fraction of sp³-hybridized carbons (Fsp3) is 0.333. The van der Waals surface area contributed by atoms with E-state index in [4.69, 9.17) is 44.1 Å². The number of rotatable bonds is 4. The second-order valence-electron chi connectivity index (χ2n) is 6.64. The van der Waals surface area contributed by atoms with Gasteiger partial charge in [0.15, 0.2) is 0 Å². The maximum Gasteiger partial charge on any atom is 0.356 e. The average Bonchev–Trinajstić information content (AvgIpc) is 3.33. The van der Waals surface area contributed by atoms with Gasteiger partial charge in [0.1, 0.15) is 22.8 Å². The maximum atomic E-state index is 12.4. The summed E-state index contributed by atoms with van der Waals surface area (Å²) < 4.78 is 10.4. The van der Waals surface area contributed by atoms with Crippen molar-refractivity contribution in [1.82, 2.24) is 20.1 Å². The van der Waals surface area contributed by atoms with Crippen molar-refractivity contribution in [2.45, 2.75) is 25.9 Å². The first-order chi connectivity index (χ1) is 13.9. The number of pyridine rings is 1. The fourth-order valence-electron chi connectivity index (χ4n) is 3.20. The first-order valence-electron chi connectivity index (χ1n) is 8.86. The molecule has 0 aliphatic carbocycles. The number of hydrogen-bond donors (Lipinski definition) is 1. The van der Waals surface area contributed by atoms with Gasteiger partial charge in [-0.2, -0.15) is 4.98 Å². The predicted molar refractivity (Wildman–Crippen MR) is 109 cm³/mol. The SMILES string of the molecule is Cc1[nH]c(C(=O)OC2CCN(c3cc(-c4ncon4)cc(Cl)n3)CC2)c(Cl)c1Cl. The van der Waals surface area contributed by atoms with Crippen molar-refractivity contribution in [3.63, 3.8) is 0 Å². The summed E-state index contributed by atoms with van der Waals surface area (Å²) in [5, 5.41) is 4.68. The number of hydrogen-bond acceptors (Lipinski definition) is 7. The van der Waals surface area contributed by atoms with Crippen molar-refractivity contribution in [2.75, 3.05) is 18.0 Å². The Morgan fingerprint density at radius 2 is 2.00 bits per heavy atom. The highest BCUT2D eigenvalue weighted by molar-refractivity contribution is 6.44. The zero-order valence-corrected chi connectivity index (χ0v) is 17.6. The third-order valence-corrected chi connectivity index (χ3v) is 5.84. The van der Waals surface area contributed by atoms with E-state index in [2.05, 4.69) is 25.0 Å². The lowest BCUT2D eigenvalue weighted by Crippen LogP contribution is -2.38. The summed E-state index contributed by atoms with van der Waals surface area (Å²) in [6, 6.07) is 3.53. The summed E-state index contributed by atoms with van der Waals surface area (Å²) in [6.07, 6.45) is 2.31. The van der Waals surface area contributed by atoms with Crippen molar-refractivity contribution in [1.29, 1.82) is 0 Å². The number of nitrogens with one attached hydrogen (secondary N) is 1. The molecule has 3 aromatic rings. The number of aromatic nitrogens is 4. The van der Waals surface area contributed by atoms with Gasteiger partial charge in [-0.1, -0.05) is 40.0 Å². The number of piperidine rings is 1. The van der Waals surface area contributed by atoms with E-state index < -0.39 is 5.97 Å². The lowest BCUT2D eigenvalue weighted by atomic mass is 10.1. The van der Waals surface area contributed by atoms with Crippen LogP contribution in [-0.4, -0.2) is 45.3 Å². The summed E-state index contributed by atoms with van der Waals surface area (Å²) in [4.78, 5) is 25.8. The van der Waals surface area contributed by atoms with Gasteiger partial charge in [0.2, 0.25) is 12.2 Å². The molecular formula is C18H16Cl3N5O3. The van der Waals surface area contributed by atoms with Crippen molar-refractivity contribution in [3.05, 3.63) is 45.1 Å². The van der Waals surface area contributed by atoms with Crippen LogP contribution in [0.25, 0.3) is 11.4 Å². The molecule has 1 N–H and O–H groups in total. The second kappa shape index (κ2) is 8.22. The Kier molecular flexibility index (Phi) is 5.67. The predicted octanol–water partition coefficient (Wildman–Crippen LogP) is 4.55. The third-order valence-electron chi connectivity index (χ3n) is 4.70. The largest absolute Gasteiger partial charge is 0.458 e. The van der Waals surface area contributed by atoms with Gasteiger partial charge in [-0.25, -0.2) is 9.78 Å². The molecule has 4 heterocycles. The maximum absolute atomic E-state index is 12.4. The fourth-order valence-corrected chi connectivity index (χ4v) is 3.81. The standard InChI is InChI=1S/C18H16Cl3N5O3/c1-9-14(20)15(21)16(23-9)18(27)29-11-2-4-26(5-3-11)13-7-10(6-12(19)24-13)17-22-8-28-25-17/h6-8,11,23H,2-5H2,1H3. The van der Waals surface area contributed by atoms with Crippen LogP contribution < -0.4 is 4.90 Å². The number of aryl methyl sites for hydroxylation is 1. The molecule has 152 valence electrons. The minimum Gasteiger partial charge on any atom is -0.458 e. The van der Waals surface area contributed by atoms with Crippen LogP contribution >= 0.6 is 34.8 Å². The molecule has 4 rings (SSSR count). The summed E-state index contributed by atoms with van der Waals surface area (Å²) in [5.74, 6) is 0.636. The van der Waals surface area contributed by atoms with Gasteiger partial charge in [-0.15, -0.1) is 0 Å². The Labute approximate surface area is 181 Å². The van der Waals surface area contributed by atoms with E-state index in [1.807, 2.05) is 6.07 Å². The monoisotopic (exact) mass is 455 g/mol. The lowest BCUT2D eigenvalue weighted by molar-refractivity contribution is 0.0239. The normalized spacial score (nSPS) is 15.0. The Bertz CT molecular complexity index is 1030. The molecular weight excluding hydrogens is 441 g/mol. The molecule has 0 atom stereocenters. The van der Waals surface area contributed by atoms with Crippen LogP contribution in [0.2, 0.25) is 15.2 Å². The minimum absolute atomic E-state index is 0.179. The molecule has 0 aromatic carbocycles. The average molecular weight is 457 g/mol. The summed E-state index contributed by atoms with van der Waals surface area (Å²) in [6.45, 7) is 3.04. The first kappa shape index (κ1) is 20.0. The summed E-state index contributed by atoms with van der Waals surface area (Å²) in [7, 11) is 0. The molecule has 1 aliphatic heterocycles. The molecule has 0 saturated carbocycles. The van der Waals surface area contributed by atoms with Crippen LogP contribution in [0.15, 0.2) is 23.0 Å². The van der Waals surface area contributed by atoms with Gasteiger partial charge in [0, 0.05) is 37.2 Å². The molecule has 1 saturated heterocycles. The van der Waals surface area contributed by atoms with Gasteiger partial charge in [-0.3, -0.25) is 0 Å². The van der Waals surface area contributed by atoms with E-state index in [9.17, 15) is 4.79 Å². The number of nitrogens with zero attached hydrogens (tertiary/aromatic N) is 4. The van der Waals surface area contributed by atoms with Crippen LogP contribution in [0.5, 0.6) is 0 Å². The van der Waals surface area contributed by atoms with Crippen LogP contribution in [0.1, 0.15) is 29.0 Å². The topological polar surface area (TPSA) is 97.1 Å². The molecule has 0 spiro atoms. The molecule has 8 nitrogen and oxygen atoms in total. The number of esters is 1. The lowest BCUT2D eigenvalue weighted by Gasteiger charge is -2.32. The zero-order valence-electron chi connectivity index (χ0n) is 15.3. The zero-order chi connectivity index (χ0) is 20.5. The van der Waals surface area contributed by atoms with Gasteiger partial charge >= 0.3 is 5.97 Å². The first-order valence-corrected chi connectivity index (χ1v) is 9.99. The minimum atomic E-state index is -0.510. The molecule has 11 heteroatoms. The number of aromatic amines is 1. The van der Waals surface area contributed by atoms with E-state index in [1.54, 1.807) is 13.0 Å². The van der Waals surface area contributed by atoms with Crippen molar-refractivity contribution in [3.8, 4) is 11.4 Å². The van der Waals surface area contributed by atoms with Crippen LogP contribution in [0.3, 0.4) is 0 Å². The molecule has 1 aliphatic rings. The van der Waals surface area contributed by atoms with E-state index in [-0.39, 0.29) is 16.8 Å². The summed E-state index contributed by atoms with van der Waals surface area (Å²) in [5.41, 5.74) is 1.52. The highest BCUT2D eigenvalue weighted by Crippen LogP contribution is 2.31. The number of H-pyrrole nitrogens is 1. The van der Waals surface area contributed by atoms with Crippen molar-refractivity contribution < 1.29 is 14.1 Å². The van der Waals surface area contributed by atoms with E-state index >= 15 is 0 Å². The molecule has 0 radical (unpaired) electrons. The smallest absolute Gasteiger partial charge is 0.356 e. The van der Waals surface area contributed by atoms with Crippen LogP contribution in [-0.2, 0) is 4.74 Å². The van der Waals surface area contributed by atoms with E-state index in [0.29, 0.717) is 53.4 Å². The Balaban J connectivity index is 1.41. The van der Waals surface area contributed by atoms with Crippen molar-refractivity contribution >= 4 is 46.6 Å². The number of carbonyl (C=O) groups excluding carboxylic acids is 1. The Morgan fingerprint density at radius 1 is 1.24 bits per heavy atom. The Hall–Kier alpha value is -2.29. The van der Waals surface area contributed by atoms with Crippen LogP contribution in [0, 0.1) is 6.92 Å². The molecule has 0 amide bonds. The van der Waals surface area contributed by atoms with Gasteiger partial charge < -0.3 is 19.1 Å². The second-order valence-corrected chi connectivity index (χ2v) is 7.78. The molecule has 3 aromatic heterocycles. The quantitative estimate of drug-likeness (QED) is 0.454. The third kappa shape index (κ3) is 4.19. The number of carbonyl (C=O) groups is 1. The van der Waals surface area contributed by atoms with Gasteiger partial charge in [0.05, 0.1) is 10.0 Å². The van der Waals surface area contributed by atoms with Crippen LogP contribution in [0.4, 0.5) is 5.82 Å². The van der Waals surface area contributed by atoms with Gasteiger partial charge in [0.25, 0.3) is 0 Å². The van der Waals surface area contributed by atoms with Crippen molar-refractivity contribution in [2.24, 2.45) is 0 Å². The number of halogens is 3. The summed E-state index contributed by atoms with van der Waals surface area (Å²) >= 11 is 18.3. The number of anilines is 1. The Morgan fingerprint density at radius 3 is 2.62 bits per heavy atom. The number of ether oxygens (including phenoxy) is 1. The highest BCUT2D eigenvalue weighted by atomic mass is 35.5. The van der Waals surface area contributed by atoms with Gasteiger partial charge in [-0.05, 0) is 19.1 Å². The molecule has 29 heavy (non-hydrogen) atoms. The highest BCUT2D eigenvalue weighted by Gasteiger charge is 2.27.